The maximum absolute atomic E-state index is 13.3. The van der Waals surface area contributed by atoms with Gasteiger partial charge < -0.3 is 55.8 Å². The average molecular weight is 676 g/mol. The van der Waals surface area contributed by atoms with Crippen LogP contribution in [0.3, 0.4) is 0 Å². The van der Waals surface area contributed by atoms with Crippen LogP contribution in [0.1, 0.15) is 78.1 Å². The number of primary amides is 1. The van der Waals surface area contributed by atoms with Gasteiger partial charge in [0.15, 0.2) is 0 Å². The van der Waals surface area contributed by atoms with E-state index in [1.807, 2.05) is 13.8 Å². The van der Waals surface area contributed by atoms with Crippen LogP contribution in [0, 0.1) is 5.92 Å². The van der Waals surface area contributed by atoms with Crippen LogP contribution in [0.25, 0.3) is 0 Å². The molecule has 0 radical (unpaired) electrons. The minimum absolute atomic E-state index is 0.0583. The van der Waals surface area contributed by atoms with Crippen LogP contribution in [-0.4, -0.2) is 121 Å². The number of rotatable bonds is 27. The highest BCUT2D eigenvalue weighted by Gasteiger charge is 2.30. The van der Waals surface area contributed by atoms with E-state index in [0.717, 1.165) is 38.5 Å². The summed E-state index contributed by atoms with van der Waals surface area (Å²) in [7, 11) is 0. The van der Waals surface area contributed by atoms with Crippen molar-refractivity contribution >= 4 is 23.8 Å². The first-order valence-corrected chi connectivity index (χ1v) is 17.2. The van der Waals surface area contributed by atoms with E-state index in [1.165, 1.54) is 6.42 Å². The lowest BCUT2D eigenvalue weighted by Crippen LogP contribution is -2.54. The Labute approximate surface area is 280 Å². The van der Waals surface area contributed by atoms with Crippen LogP contribution in [0.5, 0.6) is 0 Å². The number of hydrogen-bond donors (Lipinski definition) is 5. The molecule has 0 aliphatic heterocycles. The molecule has 0 aromatic heterocycles. The van der Waals surface area contributed by atoms with Crippen molar-refractivity contribution in [2.75, 3.05) is 79.2 Å². The zero-order valence-corrected chi connectivity index (χ0v) is 28.6. The number of esters is 1. The van der Waals surface area contributed by atoms with E-state index in [4.69, 9.17) is 39.9 Å². The Morgan fingerprint density at radius 1 is 0.723 bits per heavy atom. The third-order valence-corrected chi connectivity index (χ3v) is 7.39. The first-order chi connectivity index (χ1) is 22.7. The fourth-order valence-corrected chi connectivity index (χ4v) is 4.82. The Morgan fingerprint density at radius 3 is 1.74 bits per heavy atom. The quantitative estimate of drug-likeness (QED) is 0.0616. The molecule has 0 spiro atoms. The topological polar surface area (TPSA) is 212 Å². The van der Waals surface area contributed by atoms with Crippen molar-refractivity contribution in [1.29, 1.82) is 0 Å². The standard InChI is InChI=1S/C32H61N5O10/c1-25(2)29(37-28(38)12-15-42-17-19-44-21-23-46-24-22-45-20-18-43-16-13-33)30(39)36-27(11-8-14-35-32(34)41)31(40)47-26-9-6-4-3-5-7-10-26/h25-27,29H,3-24,33H2,1-2H3,(H,36,39)(H,37,38)(H3,34,35,41)/t27-,29-/m0/s1. The highest BCUT2D eigenvalue weighted by atomic mass is 16.6. The third kappa shape index (κ3) is 23.4. The molecule has 2 atom stereocenters. The number of amides is 4. The minimum Gasteiger partial charge on any atom is -0.461 e. The molecule has 1 fully saturated rings. The molecule has 1 saturated carbocycles. The maximum atomic E-state index is 13.3. The molecule has 47 heavy (non-hydrogen) atoms. The van der Waals surface area contributed by atoms with Gasteiger partial charge in [-0.1, -0.05) is 33.1 Å². The molecule has 4 amide bonds. The first kappa shape index (κ1) is 42.5. The maximum Gasteiger partial charge on any atom is 0.328 e. The SMILES string of the molecule is CC(C)[C@H](NC(=O)CCOCCOCCOCCOCCOCCN)C(=O)N[C@@H](CCCNC(N)=O)C(=O)OC1CCCCCCC1. The molecule has 0 saturated heterocycles. The molecular formula is C32H61N5O10. The van der Waals surface area contributed by atoms with Crippen molar-refractivity contribution in [3.8, 4) is 0 Å². The summed E-state index contributed by atoms with van der Waals surface area (Å²) in [6.07, 6.45) is 7.53. The lowest BCUT2D eigenvalue weighted by molar-refractivity contribution is -0.154. The van der Waals surface area contributed by atoms with E-state index >= 15 is 0 Å². The van der Waals surface area contributed by atoms with Gasteiger partial charge in [0.05, 0.1) is 66.1 Å². The van der Waals surface area contributed by atoms with Gasteiger partial charge in [0, 0.05) is 19.5 Å². The number of carbonyl (C=O) groups excluding carboxylic acids is 4. The van der Waals surface area contributed by atoms with Crippen molar-refractivity contribution < 1.29 is 47.6 Å². The molecule has 0 heterocycles. The summed E-state index contributed by atoms with van der Waals surface area (Å²) in [6, 6.07) is -2.44. The predicted molar refractivity (Wildman–Crippen MR) is 175 cm³/mol. The second kappa shape index (κ2) is 28.5. The molecule has 0 unspecified atom stereocenters. The highest BCUT2D eigenvalue weighted by Crippen LogP contribution is 2.20. The fraction of sp³-hybridized carbons (Fsp3) is 0.875. The third-order valence-electron chi connectivity index (χ3n) is 7.39. The van der Waals surface area contributed by atoms with Crippen LogP contribution in [0.2, 0.25) is 0 Å². The van der Waals surface area contributed by atoms with E-state index < -0.39 is 30.0 Å². The number of hydrogen-bond acceptors (Lipinski definition) is 11. The van der Waals surface area contributed by atoms with Gasteiger partial charge in [-0.15, -0.1) is 0 Å². The van der Waals surface area contributed by atoms with Gasteiger partial charge >= 0.3 is 12.0 Å². The summed E-state index contributed by atoms with van der Waals surface area (Å²) in [6.45, 7) is 8.49. The highest BCUT2D eigenvalue weighted by molar-refractivity contribution is 5.91. The number of nitrogens with one attached hydrogen (secondary N) is 3. The summed E-state index contributed by atoms with van der Waals surface area (Å²) < 4.78 is 32.8. The molecule has 0 aromatic carbocycles. The van der Waals surface area contributed by atoms with Gasteiger partial charge in [-0.05, 0) is 44.4 Å². The van der Waals surface area contributed by atoms with Crippen LogP contribution < -0.4 is 27.4 Å². The Kier molecular flexibility index (Phi) is 25.7. The number of carbonyl (C=O) groups is 4. The summed E-state index contributed by atoms with van der Waals surface area (Å²) in [5, 5.41) is 8.05. The lowest BCUT2D eigenvalue weighted by Gasteiger charge is -2.27. The number of nitrogens with two attached hydrogens (primary N) is 2. The Bertz CT molecular complexity index is 843. The van der Waals surface area contributed by atoms with Gasteiger partial charge in [-0.2, -0.15) is 0 Å². The van der Waals surface area contributed by atoms with Gasteiger partial charge in [0.25, 0.3) is 0 Å². The van der Waals surface area contributed by atoms with E-state index in [2.05, 4.69) is 16.0 Å². The second-order valence-corrected chi connectivity index (χ2v) is 11.8. The van der Waals surface area contributed by atoms with E-state index in [9.17, 15) is 19.2 Å². The van der Waals surface area contributed by atoms with Gasteiger partial charge in [-0.3, -0.25) is 9.59 Å². The molecule has 15 heteroatoms. The Hall–Kier alpha value is -2.56. The van der Waals surface area contributed by atoms with E-state index in [1.54, 1.807) is 0 Å². The summed E-state index contributed by atoms with van der Waals surface area (Å²) in [5.41, 5.74) is 10.5. The minimum atomic E-state index is -0.922. The molecule has 1 aliphatic carbocycles. The summed E-state index contributed by atoms with van der Waals surface area (Å²) >= 11 is 0. The van der Waals surface area contributed by atoms with Crippen LogP contribution in [0.15, 0.2) is 0 Å². The number of urea groups is 1. The van der Waals surface area contributed by atoms with E-state index in [-0.39, 0.29) is 43.9 Å². The number of ether oxygens (including phenoxy) is 6. The molecule has 0 aromatic rings. The Balaban J connectivity index is 2.37. The monoisotopic (exact) mass is 675 g/mol. The Morgan fingerprint density at radius 2 is 1.23 bits per heavy atom. The fourth-order valence-electron chi connectivity index (χ4n) is 4.82. The van der Waals surface area contributed by atoms with Crippen LogP contribution in [-0.2, 0) is 42.8 Å². The molecule has 15 nitrogen and oxygen atoms in total. The second-order valence-electron chi connectivity index (χ2n) is 11.8. The molecule has 7 N–H and O–H groups in total. The van der Waals surface area contributed by atoms with Crippen molar-refractivity contribution in [3.63, 3.8) is 0 Å². The van der Waals surface area contributed by atoms with Crippen molar-refractivity contribution in [2.24, 2.45) is 17.4 Å². The first-order valence-electron chi connectivity index (χ1n) is 17.2. The molecule has 1 rings (SSSR count). The molecular weight excluding hydrogens is 614 g/mol. The van der Waals surface area contributed by atoms with Gasteiger partial charge in [0.1, 0.15) is 18.2 Å². The van der Waals surface area contributed by atoms with Crippen molar-refractivity contribution in [1.82, 2.24) is 16.0 Å². The molecule has 1 aliphatic rings. The van der Waals surface area contributed by atoms with Gasteiger partial charge in [0.2, 0.25) is 11.8 Å². The zero-order chi connectivity index (χ0) is 34.5. The average Bonchev–Trinajstić information content (AvgIpc) is 3.01. The molecule has 0 bridgehead atoms. The smallest absolute Gasteiger partial charge is 0.328 e. The normalized spacial score (nSPS) is 15.3. The summed E-state index contributed by atoms with van der Waals surface area (Å²) in [5.74, 6) is -1.57. The zero-order valence-electron chi connectivity index (χ0n) is 28.6. The lowest BCUT2D eigenvalue weighted by atomic mass is 9.98. The molecule has 274 valence electrons. The van der Waals surface area contributed by atoms with Crippen molar-refractivity contribution in [3.05, 3.63) is 0 Å². The van der Waals surface area contributed by atoms with Crippen molar-refractivity contribution in [2.45, 2.75) is 96.2 Å². The van der Waals surface area contributed by atoms with E-state index in [0.29, 0.717) is 72.4 Å². The summed E-state index contributed by atoms with van der Waals surface area (Å²) in [4.78, 5) is 50.2. The van der Waals surface area contributed by atoms with Crippen LogP contribution >= 0.6 is 0 Å². The predicted octanol–water partition coefficient (Wildman–Crippen LogP) is 1.15. The van der Waals surface area contributed by atoms with Crippen LogP contribution in [0.4, 0.5) is 4.79 Å². The van der Waals surface area contributed by atoms with Gasteiger partial charge in [-0.25, -0.2) is 9.59 Å². The largest absolute Gasteiger partial charge is 0.461 e.